The van der Waals surface area contributed by atoms with E-state index in [0.29, 0.717) is 12.8 Å². The minimum atomic E-state index is -0.557. The van der Waals surface area contributed by atoms with Gasteiger partial charge in [0.1, 0.15) is 5.78 Å². The summed E-state index contributed by atoms with van der Waals surface area (Å²) < 4.78 is 0. The molecule has 0 bridgehead atoms. The summed E-state index contributed by atoms with van der Waals surface area (Å²) in [4.78, 5) is 22.3. The van der Waals surface area contributed by atoms with Crippen molar-refractivity contribution in [2.45, 2.75) is 46.0 Å². The van der Waals surface area contributed by atoms with Gasteiger partial charge in [0.2, 0.25) is 5.24 Å². The molecule has 0 aliphatic carbocycles. The highest BCUT2D eigenvalue weighted by molar-refractivity contribution is 6.65. The monoisotopic (exact) mass is 204 g/mol. The molecule has 2 nitrogen and oxygen atoms in total. The summed E-state index contributed by atoms with van der Waals surface area (Å²) in [5, 5.41) is -0.497. The summed E-state index contributed by atoms with van der Waals surface area (Å²) in [6.45, 7) is 3.96. The van der Waals surface area contributed by atoms with Crippen molar-refractivity contribution in [3.63, 3.8) is 0 Å². The van der Waals surface area contributed by atoms with Crippen LogP contribution in [0.15, 0.2) is 0 Å². The Morgan fingerprint density at radius 2 is 1.85 bits per heavy atom. The molecular weight excluding hydrogens is 188 g/mol. The molecule has 3 heteroatoms. The van der Waals surface area contributed by atoms with Gasteiger partial charge in [0.25, 0.3) is 0 Å². The number of rotatable bonds is 7. The first-order chi connectivity index (χ1) is 6.13. The first kappa shape index (κ1) is 12.6. The van der Waals surface area contributed by atoms with Crippen LogP contribution in [-0.4, -0.2) is 11.0 Å². The second-order valence-electron chi connectivity index (χ2n) is 3.22. The van der Waals surface area contributed by atoms with Gasteiger partial charge in [-0.05, 0) is 24.4 Å². The molecule has 0 spiro atoms. The van der Waals surface area contributed by atoms with E-state index in [1.54, 1.807) is 0 Å². The van der Waals surface area contributed by atoms with Gasteiger partial charge < -0.3 is 0 Å². The lowest BCUT2D eigenvalue weighted by atomic mass is 9.96. The number of Topliss-reactive ketones (excluding diaryl/α,β-unsaturated/α-hetero) is 1. The SMILES string of the molecule is CCCCC(=O)C(CCC)C(=O)Cl. The maximum atomic E-state index is 11.4. The predicted molar refractivity (Wildman–Crippen MR) is 53.8 cm³/mol. The van der Waals surface area contributed by atoms with Crippen LogP contribution in [0.4, 0.5) is 0 Å². The van der Waals surface area contributed by atoms with Gasteiger partial charge in [0, 0.05) is 6.42 Å². The highest BCUT2D eigenvalue weighted by Gasteiger charge is 2.22. The van der Waals surface area contributed by atoms with Crippen LogP contribution in [0.1, 0.15) is 46.0 Å². The highest BCUT2D eigenvalue weighted by Crippen LogP contribution is 2.15. The average Bonchev–Trinajstić information content (AvgIpc) is 2.09. The number of halogens is 1. The molecule has 0 aromatic rings. The van der Waals surface area contributed by atoms with Crippen LogP contribution in [0.25, 0.3) is 0 Å². The van der Waals surface area contributed by atoms with Gasteiger partial charge in [0.15, 0.2) is 0 Å². The Bertz CT molecular complexity index is 178. The maximum absolute atomic E-state index is 11.4. The second-order valence-corrected chi connectivity index (χ2v) is 3.59. The number of carbonyl (C=O) groups is 2. The van der Waals surface area contributed by atoms with Crippen LogP contribution >= 0.6 is 11.6 Å². The van der Waals surface area contributed by atoms with Crippen LogP contribution in [0.5, 0.6) is 0 Å². The standard InChI is InChI=1S/C10H17ClO2/c1-3-5-7-9(12)8(6-4-2)10(11)13/h8H,3-7H2,1-2H3. The van der Waals surface area contributed by atoms with E-state index in [-0.39, 0.29) is 5.78 Å². The molecular formula is C10H17ClO2. The zero-order valence-corrected chi connectivity index (χ0v) is 9.06. The van der Waals surface area contributed by atoms with Crippen LogP contribution < -0.4 is 0 Å². The lowest BCUT2D eigenvalue weighted by Crippen LogP contribution is -2.20. The van der Waals surface area contributed by atoms with E-state index in [1.165, 1.54) is 0 Å². The van der Waals surface area contributed by atoms with Crippen molar-refractivity contribution in [2.75, 3.05) is 0 Å². The Morgan fingerprint density at radius 1 is 1.23 bits per heavy atom. The highest BCUT2D eigenvalue weighted by atomic mass is 35.5. The fraction of sp³-hybridized carbons (Fsp3) is 0.800. The lowest BCUT2D eigenvalue weighted by Gasteiger charge is -2.08. The van der Waals surface area contributed by atoms with Gasteiger partial charge in [-0.25, -0.2) is 0 Å². The van der Waals surface area contributed by atoms with E-state index in [4.69, 9.17) is 11.6 Å². The first-order valence-electron chi connectivity index (χ1n) is 4.85. The van der Waals surface area contributed by atoms with E-state index in [2.05, 4.69) is 0 Å². The summed E-state index contributed by atoms with van der Waals surface area (Å²) in [6, 6.07) is 0. The zero-order chi connectivity index (χ0) is 10.3. The topological polar surface area (TPSA) is 34.1 Å². The van der Waals surface area contributed by atoms with Gasteiger partial charge in [-0.1, -0.05) is 26.7 Å². The van der Waals surface area contributed by atoms with Crippen molar-refractivity contribution >= 4 is 22.6 Å². The molecule has 0 rings (SSSR count). The van der Waals surface area contributed by atoms with Gasteiger partial charge >= 0.3 is 0 Å². The Hall–Kier alpha value is -0.370. The predicted octanol–water partition coefficient (Wildman–Crippen LogP) is 2.93. The fourth-order valence-corrected chi connectivity index (χ4v) is 1.45. The molecule has 13 heavy (non-hydrogen) atoms. The molecule has 0 aliphatic heterocycles. The zero-order valence-electron chi connectivity index (χ0n) is 8.31. The minimum absolute atomic E-state index is 0.00343. The van der Waals surface area contributed by atoms with E-state index < -0.39 is 11.2 Å². The molecule has 0 heterocycles. The van der Waals surface area contributed by atoms with Crippen molar-refractivity contribution in [2.24, 2.45) is 5.92 Å². The number of hydrogen-bond donors (Lipinski definition) is 0. The summed E-state index contributed by atoms with van der Waals surface area (Å²) in [7, 11) is 0. The molecule has 0 saturated carbocycles. The molecule has 1 unspecified atom stereocenters. The van der Waals surface area contributed by atoms with E-state index in [9.17, 15) is 9.59 Å². The number of ketones is 1. The molecule has 0 saturated heterocycles. The normalized spacial score (nSPS) is 12.5. The number of unbranched alkanes of at least 4 members (excludes halogenated alkanes) is 1. The maximum Gasteiger partial charge on any atom is 0.232 e. The molecule has 0 aromatic heterocycles. The van der Waals surface area contributed by atoms with Crippen molar-refractivity contribution in [1.29, 1.82) is 0 Å². The second kappa shape index (κ2) is 7.07. The summed E-state index contributed by atoms with van der Waals surface area (Å²) >= 11 is 5.34. The average molecular weight is 205 g/mol. The Morgan fingerprint density at radius 3 is 2.23 bits per heavy atom. The van der Waals surface area contributed by atoms with E-state index in [0.717, 1.165) is 19.3 Å². The smallest absolute Gasteiger partial charge is 0.232 e. The molecule has 0 aliphatic rings. The third-order valence-electron chi connectivity index (χ3n) is 2.02. The number of carbonyl (C=O) groups excluding carboxylic acids is 2. The van der Waals surface area contributed by atoms with Crippen molar-refractivity contribution in [1.82, 2.24) is 0 Å². The summed E-state index contributed by atoms with van der Waals surface area (Å²) in [6.07, 6.45) is 3.72. The van der Waals surface area contributed by atoms with E-state index >= 15 is 0 Å². The first-order valence-corrected chi connectivity index (χ1v) is 5.23. The van der Waals surface area contributed by atoms with Gasteiger partial charge in [-0.3, -0.25) is 9.59 Å². The lowest BCUT2D eigenvalue weighted by molar-refractivity contribution is -0.129. The Balaban J connectivity index is 4.03. The molecule has 0 aromatic carbocycles. The van der Waals surface area contributed by atoms with Crippen molar-refractivity contribution < 1.29 is 9.59 Å². The Labute approximate surface area is 84.7 Å². The third kappa shape index (κ3) is 5.04. The van der Waals surface area contributed by atoms with Gasteiger partial charge in [-0.2, -0.15) is 0 Å². The van der Waals surface area contributed by atoms with Gasteiger partial charge in [0.05, 0.1) is 5.92 Å². The van der Waals surface area contributed by atoms with Crippen molar-refractivity contribution in [3.05, 3.63) is 0 Å². The fourth-order valence-electron chi connectivity index (χ4n) is 1.21. The third-order valence-corrected chi connectivity index (χ3v) is 2.28. The molecule has 0 N–H and O–H groups in total. The van der Waals surface area contributed by atoms with Crippen LogP contribution in [0.3, 0.4) is 0 Å². The number of hydrogen-bond acceptors (Lipinski definition) is 2. The minimum Gasteiger partial charge on any atom is -0.299 e. The van der Waals surface area contributed by atoms with Crippen LogP contribution in [0.2, 0.25) is 0 Å². The van der Waals surface area contributed by atoms with Gasteiger partial charge in [-0.15, -0.1) is 0 Å². The molecule has 76 valence electrons. The largest absolute Gasteiger partial charge is 0.299 e. The quantitative estimate of drug-likeness (QED) is 0.472. The molecule has 0 fully saturated rings. The van der Waals surface area contributed by atoms with E-state index in [1.807, 2.05) is 13.8 Å². The Kier molecular flexibility index (Phi) is 6.87. The summed E-state index contributed by atoms with van der Waals surface area (Å²) in [5.74, 6) is -0.554. The molecule has 0 amide bonds. The van der Waals surface area contributed by atoms with Crippen LogP contribution in [0, 0.1) is 5.92 Å². The van der Waals surface area contributed by atoms with Crippen molar-refractivity contribution in [3.8, 4) is 0 Å². The molecule has 1 atom stereocenters. The summed E-state index contributed by atoms with van der Waals surface area (Å²) in [5.41, 5.74) is 0. The molecule has 0 radical (unpaired) electrons. The van der Waals surface area contributed by atoms with Crippen LogP contribution in [-0.2, 0) is 9.59 Å².